The fourth-order valence-electron chi connectivity index (χ4n) is 2.82. The Morgan fingerprint density at radius 2 is 1.73 bits per heavy atom. The third-order valence-corrected chi connectivity index (χ3v) is 4.95. The van der Waals surface area contributed by atoms with Gasteiger partial charge in [0.2, 0.25) is 17.7 Å². The average Bonchev–Trinajstić information content (AvgIpc) is 2.75. The van der Waals surface area contributed by atoms with Crippen molar-refractivity contribution in [2.45, 2.75) is 51.7 Å². The average molecular weight is 464 g/mol. The molecule has 1 aromatic carbocycles. The maximum absolute atomic E-state index is 13.2. The predicted octanol–water partition coefficient (Wildman–Crippen LogP) is 4.16. The van der Waals surface area contributed by atoms with E-state index in [1.165, 1.54) is 18.3 Å². The molecule has 0 bridgehead atoms. The quantitative estimate of drug-likeness (QED) is 0.583. The normalized spacial score (nSPS) is 11.6. The number of hydrogen-bond donors (Lipinski definition) is 2. The van der Waals surface area contributed by atoms with E-state index >= 15 is 0 Å². The summed E-state index contributed by atoms with van der Waals surface area (Å²) in [6.45, 7) is 4.98. The fraction of sp³-hybridized carbons (Fsp3) is 0.391. The van der Waals surface area contributed by atoms with Crippen LogP contribution in [0.15, 0.2) is 48.7 Å². The van der Waals surface area contributed by atoms with Gasteiger partial charge in [0.25, 0.3) is 0 Å². The number of alkyl halides is 3. The molecule has 1 heterocycles. The summed E-state index contributed by atoms with van der Waals surface area (Å²) in [7, 11) is 0. The van der Waals surface area contributed by atoms with Crippen LogP contribution < -0.4 is 15.5 Å². The van der Waals surface area contributed by atoms with E-state index < -0.39 is 41.5 Å². The van der Waals surface area contributed by atoms with Crippen LogP contribution in [-0.4, -0.2) is 34.8 Å². The number of pyridine rings is 1. The molecule has 0 aliphatic heterocycles. The number of halogens is 3. The van der Waals surface area contributed by atoms with Crippen molar-refractivity contribution in [2.75, 3.05) is 16.8 Å². The second-order valence-electron chi connectivity index (χ2n) is 8.08. The smallest absolute Gasteiger partial charge is 0.350 e. The SMILES string of the molecule is CCC(C)(C)NC(=O)CN(C(=O)CCC(=O)Nc1ccccn1)c1cccc(C(F)(F)F)c1. The molecular weight excluding hydrogens is 437 g/mol. The highest BCUT2D eigenvalue weighted by Gasteiger charge is 2.32. The number of hydrogen-bond acceptors (Lipinski definition) is 4. The van der Waals surface area contributed by atoms with Gasteiger partial charge in [-0.2, -0.15) is 13.2 Å². The number of nitrogens with one attached hydrogen (secondary N) is 2. The van der Waals surface area contributed by atoms with Crippen LogP contribution in [0.4, 0.5) is 24.7 Å². The zero-order chi connectivity index (χ0) is 24.6. The van der Waals surface area contributed by atoms with E-state index in [1.807, 2.05) is 6.92 Å². The zero-order valence-corrected chi connectivity index (χ0v) is 18.7. The van der Waals surface area contributed by atoms with E-state index in [9.17, 15) is 27.6 Å². The van der Waals surface area contributed by atoms with Crippen LogP contribution in [0.3, 0.4) is 0 Å². The van der Waals surface area contributed by atoms with Crippen LogP contribution in [0.25, 0.3) is 0 Å². The first kappa shape index (κ1) is 25.8. The van der Waals surface area contributed by atoms with Crippen molar-refractivity contribution in [1.29, 1.82) is 0 Å². The molecule has 7 nitrogen and oxygen atoms in total. The maximum atomic E-state index is 13.2. The second-order valence-corrected chi connectivity index (χ2v) is 8.08. The number of anilines is 2. The van der Waals surface area contributed by atoms with Crippen molar-refractivity contribution in [3.8, 4) is 0 Å². The van der Waals surface area contributed by atoms with E-state index in [0.717, 1.165) is 17.0 Å². The molecule has 2 N–H and O–H groups in total. The van der Waals surface area contributed by atoms with E-state index in [-0.39, 0.29) is 18.5 Å². The highest BCUT2D eigenvalue weighted by atomic mass is 19.4. The minimum absolute atomic E-state index is 0.0792. The minimum atomic E-state index is -4.61. The number of benzene rings is 1. The Morgan fingerprint density at radius 3 is 2.33 bits per heavy atom. The third kappa shape index (κ3) is 8.21. The molecule has 0 saturated heterocycles. The molecule has 0 atom stereocenters. The predicted molar refractivity (Wildman–Crippen MR) is 118 cm³/mol. The molecule has 1 aromatic heterocycles. The molecule has 0 aliphatic rings. The molecule has 2 rings (SSSR count). The molecular formula is C23H27F3N4O3. The molecule has 10 heteroatoms. The first-order valence-electron chi connectivity index (χ1n) is 10.4. The lowest BCUT2D eigenvalue weighted by atomic mass is 10.0. The third-order valence-electron chi connectivity index (χ3n) is 4.95. The van der Waals surface area contributed by atoms with Crippen LogP contribution in [0.2, 0.25) is 0 Å². The lowest BCUT2D eigenvalue weighted by Gasteiger charge is -2.28. The van der Waals surface area contributed by atoms with Crippen molar-refractivity contribution >= 4 is 29.2 Å². The van der Waals surface area contributed by atoms with Gasteiger partial charge in [0.15, 0.2) is 0 Å². The number of carbonyl (C=O) groups is 3. The van der Waals surface area contributed by atoms with Gasteiger partial charge >= 0.3 is 6.18 Å². The Balaban J connectivity index is 2.18. The summed E-state index contributed by atoms with van der Waals surface area (Å²) < 4.78 is 39.5. The molecule has 33 heavy (non-hydrogen) atoms. The van der Waals surface area contributed by atoms with Crippen LogP contribution in [0.5, 0.6) is 0 Å². The lowest BCUT2D eigenvalue weighted by molar-refractivity contribution is -0.137. The summed E-state index contributed by atoms with van der Waals surface area (Å²) in [5.41, 5.74) is -1.58. The van der Waals surface area contributed by atoms with Gasteiger partial charge in [-0.05, 0) is 50.6 Å². The van der Waals surface area contributed by atoms with E-state index in [0.29, 0.717) is 12.2 Å². The zero-order valence-electron chi connectivity index (χ0n) is 18.7. The van der Waals surface area contributed by atoms with Crippen LogP contribution >= 0.6 is 0 Å². The molecule has 3 amide bonds. The van der Waals surface area contributed by atoms with Crippen molar-refractivity contribution in [3.05, 3.63) is 54.2 Å². The summed E-state index contributed by atoms with van der Waals surface area (Å²) in [6.07, 6.45) is -3.04. The molecule has 0 radical (unpaired) electrons. The Bertz CT molecular complexity index is 978. The maximum Gasteiger partial charge on any atom is 0.416 e. The van der Waals surface area contributed by atoms with E-state index in [4.69, 9.17) is 0 Å². The van der Waals surface area contributed by atoms with Crippen LogP contribution in [-0.2, 0) is 20.6 Å². The van der Waals surface area contributed by atoms with Crippen LogP contribution in [0.1, 0.15) is 45.6 Å². The number of nitrogens with zero attached hydrogens (tertiary/aromatic N) is 2. The van der Waals surface area contributed by atoms with Gasteiger partial charge in [0.1, 0.15) is 12.4 Å². The summed E-state index contributed by atoms with van der Waals surface area (Å²) >= 11 is 0. The molecule has 0 aliphatic carbocycles. The van der Waals surface area contributed by atoms with Gasteiger partial charge in [-0.15, -0.1) is 0 Å². The van der Waals surface area contributed by atoms with Gasteiger partial charge in [-0.3, -0.25) is 14.4 Å². The van der Waals surface area contributed by atoms with Gasteiger partial charge in [0, 0.05) is 30.3 Å². The first-order valence-corrected chi connectivity index (χ1v) is 10.4. The molecule has 2 aromatic rings. The van der Waals surface area contributed by atoms with Crippen LogP contribution in [0, 0.1) is 0 Å². The van der Waals surface area contributed by atoms with Gasteiger partial charge < -0.3 is 15.5 Å². The standard InChI is InChI=1S/C23H27F3N4O3/c1-4-22(2,3)29-20(32)15-30(17-9-7-8-16(14-17)23(24,25)26)21(33)12-11-19(31)28-18-10-5-6-13-27-18/h5-10,13-14H,4,11-12,15H2,1-3H3,(H,29,32)(H,27,28,31). The van der Waals surface area contributed by atoms with Gasteiger partial charge in [-0.25, -0.2) is 4.98 Å². The molecule has 178 valence electrons. The van der Waals surface area contributed by atoms with E-state index in [2.05, 4.69) is 15.6 Å². The number of amides is 3. The fourth-order valence-corrected chi connectivity index (χ4v) is 2.82. The van der Waals surface area contributed by atoms with Gasteiger partial charge in [-0.1, -0.05) is 19.1 Å². The molecule has 0 fully saturated rings. The first-order chi connectivity index (χ1) is 15.4. The molecule has 0 spiro atoms. The van der Waals surface area contributed by atoms with E-state index in [1.54, 1.807) is 32.0 Å². The monoisotopic (exact) mass is 464 g/mol. The summed E-state index contributed by atoms with van der Waals surface area (Å²) in [4.78, 5) is 42.5. The van der Waals surface area contributed by atoms with Crippen molar-refractivity contribution in [2.24, 2.45) is 0 Å². The Kier molecular flexibility index (Phi) is 8.56. The Morgan fingerprint density at radius 1 is 1.00 bits per heavy atom. The highest BCUT2D eigenvalue weighted by molar-refractivity contribution is 6.01. The summed E-state index contributed by atoms with van der Waals surface area (Å²) in [5.74, 6) is -1.35. The Hall–Kier alpha value is -3.43. The summed E-state index contributed by atoms with van der Waals surface area (Å²) in [6, 6.07) is 9.11. The molecule has 0 unspecified atom stereocenters. The largest absolute Gasteiger partial charge is 0.416 e. The second kappa shape index (κ2) is 10.9. The summed E-state index contributed by atoms with van der Waals surface area (Å²) in [5, 5.41) is 5.30. The Labute approximate surface area is 190 Å². The van der Waals surface area contributed by atoms with Gasteiger partial charge in [0.05, 0.1) is 5.56 Å². The minimum Gasteiger partial charge on any atom is -0.350 e. The lowest BCUT2D eigenvalue weighted by Crippen LogP contribution is -2.48. The number of rotatable bonds is 9. The number of carbonyl (C=O) groups excluding carboxylic acids is 3. The van der Waals surface area contributed by atoms with Crippen molar-refractivity contribution in [3.63, 3.8) is 0 Å². The van der Waals surface area contributed by atoms with Crippen molar-refractivity contribution < 1.29 is 27.6 Å². The molecule has 0 saturated carbocycles. The highest BCUT2D eigenvalue weighted by Crippen LogP contribution is 2.32. The van der Waals surface area contributed by atoms with Crippen molar-refractivity contribution in [1.82, 2.24) is 10.3 Å². The topological polar surface area (TPSA) is 91.4 Å². The number of aromatic nitrogens is 1.